The average Bonchev–Trinajstić information content (AvgIpc) is 3.39. The Bertz CT molecular complexity index is 902. The summed E-state index contributed by atoms with van der Waals surface area (Å²) in [4.78, 5) is 36.3. The number of benzene rings is 1. The summed E-state index contributed by atoms with van der Waals surface area (Å²) in [6.07, 6.45) is 1.51. The van der Waals surface area contributed by atoms with Crippen molar-refractivity contribution in [3.05, 3.63) is 76.4 Å². The second-order valence-corrected chi connectivity index (χ2v) is 6.39. The van der Waals surface area contributed by atoms with E-state index in [-0.39, 0.29) is 18.0 Å². The van der Waals surface area contributed by atoms with Gasteiger partial charge in [-0.2, -0.15) is 0 Å². The lowest BCUT2D eigenvalue weighted by atomic mass is 10.2. The van der Waals surface area contributed by atoms with Crippen LogP contribution in [0.25, 0.3) is 0 Å². The molecule has 138 valence electrons. The van der Waals surface area contributed by atoms with Gasteiger partial charge in [0.25, 0.3) is 11.8 Å². The first-order chi connectivity index (χ1) is 13.1. The van der Waals surface area contributed by atoms with Crippen LogP contribution in [0, 0.1) is 0 Å². The SMILES string of the molecule is O=C(COC(=O)c1ccc(NC(=O)c2cccs2)cc1)NCc1ccco1. The Morgan fingerprint density at radius 3 is 2.52 bits per heavy atom. The van der Waals surface area contributed by atoms with E-state index >= 15 is 0 Å². The lowest BCUT2D eigenvalue weighted by molar-refractivity contribution is -0.124. The number of carbonyl (C=O) groups excluding carboxylic acids is 3. The predicted molar refractivity (Wildman–Crippen MR) is 99.6 cm³/mol. The van der Waals surface area contributed by atoms with Crippen molar-refractivity contribution in [2.24, 2.45) is 0 Å². The number of furan rings is 1. The quantitative estimate of drug-likeness (QED) is 0.610. The second kappa shape index (κ2) is 8.81. The van der Waals surface area contributed by atoms with Crippen LogP contribution in [0.3, 0.4) is 0 Å². The van der Waals surface area contributed by atoms with Crippen LogP contribution in [0.2, 0.25) is 0 Å². The van der Waals surface area contributed by atoms with Crippen molar-refractivity contribution in [3.63, 3.8) is 0 Å². The molecule has 0 aliphatic heterocycles. The molecule has 0 spiro atoms. The fourth-order valence-corrected chi connectivity index (χ4v) is 2.77. The summed E-state index contributed by atoms with van der Waals surface area (Å²) >= 11 is 1.34. The molecule has 1 aromatic carbocycles. The smallest absolute Gasteiger partial charge is 0.338 e. The minimum absolute atomic E-state index is 0.214. The normalized spacial score (nSPS) is 10.2. The van der Waals surface area contributed by atoms with E-state index in [1.807, 2.05) is 5.38 Å². The van der Waals surface area contributed by atoms with E-state index in [2.05, 4.69) is 10.6 Å². The van der Waals surface area contributed by atoms with E-state index in [1.165, 1.54) is 29.7 Å². The Morgan fingerprint density at radius 1 is 1.04 bits per heavy atom. The van der Waals surface area contributed by atoms with Gasteiger partial charge in [0.15, 0.2) is 6.61 Å². The monoisotopic (exact) mass is 384 g/mol. The molecule has 0 aliphatic rings. The molecule has 0 unspecified atom stereocenters. The van der Waals surface area contributed by atoms with E-state index in [9.17, 15) is 14.4 Å². The molecule has 2 heterocycles. The molecule has 2 amide bonds. The van der Waals surface area contributed by atoms with Gasteiger partial charge < -0.3 is 19.8 Å². The standard InChI is InChI=1S/C19H16N2O5S/c22-17(20-11-15-3-1-9-25-15)12-26-19(24)13-5-7-14(8-6-13)21-18(23)16-4-2-10-27-16/h1-10H,11-12H2,(H,20,22)(H,21,23). The molecule has 2 N–H and O–H groups in total. The number of amides is 2. The Kier molecular flexibility index (Phi) is 6.01. The summed E-state index contributed by atoms with van der Waals surface area (Å²) in [5.41, 5.74) is 0.837. The molecule has 0 saturated carbocycles. The fraction of sp³-hybridized carbons (Fsp3) is 0.105. The van der Waals surface area contributed by atoms with Gasteiger partial charge in [0.2, 0.25) is 0 Å². The van der Waals surface area contributed by atoms with Gasteiger partial charge in [0.05, 0.1) is 23.2 Å². The predicted octanol–water partition coefficient (Wildman–Crippen LogP) is 3.07. The average molecular weight is 384 g/mol. The Hall–Kier alpha value is -3.39. The molecule has 0 aliphatic carbocycles. The lowest BCUT2D eigenvalue weighted by Gasteiger charge is -2.07. The molecule has 0 atom stereocenters. The van der Waals surface area contributed by atoms with Gasteiger partial charge in [-0.25, -0.2) is 4.79 Å². The van der Waals surface area contributed by atoms with Gasteiger partial charge in [-0.1, -0.05) is 6.07 Å². The molecule has 0 saturated heterocycles. The topological polar surface area (TPSA) is 97.6 Å². The van der Waals surface area contributed by atoms with Gasteiger partial charge in [-0.05, 0) is 47.8 Å². The Labute approximate surface area is 159 Å². The molecular weight excluding hydrogens is 368 g/mol. The highest BCUT2D eigenvalue weighted by Gasteiger charge is 2.12. The Balaban J connectivity index is 1.45. The highest BCUT2D eigenvalue weighted by atomic mass is 32.1. The molecular formula is C19H16N2O5S. The van der Waals surface area contributed by atoms with E-state index in [1.54, 1.807) is 36.4 Å². The molecule has 0 radical (unpaired) electrons. The van der Waals surface area contributed by atoms with Gasteiger partial charge in [0, 0.05) is 5.69 Å². The van der Waals surface area contributed by atoms with Crippen LogP contribution in [-0.4, -0.2) is 24.4 Å². The summed E-state index contributed by atoms with van der Waals surface area (Å²) in [5.74, 6) is -0.665. The van der Waals surface area contributed by atoms with Crippen molar-refractivity contribution in [3.8, 4) is 0 Å². The van der Waals surface area contributed by atoms with Gasteiger partial charge in [-0.3, -0.25) is 9.59 Å². The maximum Gasteiger partial charge on any atom is 0.338 e. The third-order valence-electron chi connectivity index (χ3n) is 3.50. The molecule has 2 aromatic heterocycles. The number of carbonyl (C=O) groups is 3. The van der Waals surface area contributed by atoms with Crippen LogP contribution < -0.4 is 10.6 Å². The van der Waals surface area contributed by atoms with Crippen molar-refractivity contribution < 1.29 is 23.5 Å². The molecule has 3 aromatic rings. The number of hydrogen-bond acceptors (Lipinski definition) is 6. The van der Waals surface area contributed by atoms with Gasteiger partial charge >= 0.3 is 5.97 Å². The maximum atomic E-state index is 12.0. The number of nitrogens with one attached hydrogen (secondary N) is 2. The zero-order chi connectivity index (χ0) is 19.1. The third-order valence-corrected chi connectivity index (χ3v) is 4.37. The Morgan fingerprint density at radius 2 is 1.85 bits per heavy atom. The first-order valence-corrected chi connectivity index (χ1v) is 8.91. The van der Waals surface area contributed by atoms with E-state index in [0.29, 0.717) is 16.3 Å². The summed E-state index contributed by atoms with van der Waals surface area (Å²) in [5, 5.41) is 7.13. The second-order valence-electron chi connectivity index (χ2n) is 5.44. The fourth-order valence-electron chi connectivity index (χ4n) is 2.15. The van der Waals surface area contributed by atoms with Crippen LogP contribution in [0.5, 0.6) is 0 Å². The van der Waals surface area contributed by atoms with Crippen molar-refractivity contribution in [1.82, 2.24) is 5.32 Å². The number of ether oxygens (including phenoxy) is 1. The highest BCUT2D eigenvalue weighted by molar-refractivity contribution is 7.12. The number of anilines is 1. The minimum Gasteiger partial charge on any atom is -0.467 e. The van der Waals surface area contributed by atoms with E-state index < -0.39 is 18.5 Å². The van der Waals surface area contributed by atoms with Crippen molar-refractivity contribution in [2.45, 2.75) is 6.54 Å². The molecule has 8 heteroatoms. The largest absolute Gasteiger partial charge is 0.467 e. The zero-order valence-corrected chi connectivity index (χ0v) is 15.0. The summed E-state index contributed by atoms with van der Waals surface area (Å²) in [7, 11) is 0. The first kappa shape index (κ1) is 18.4. The third kappa shape index (κ3) is 5.29. The summed E-state index contributed by atoms with van der Waals surface area (Å²) < 4.78 is 10.1. The molecule has 0 bridgehead atoms. The van der Waals surface area contributed by atoms with Crippen molar-refractivity contribution >= 4 is 34.8 Å². The van der Waals surface area contributed by atoms with Gasteiger partial charge in [0.1, 0.15) is 5.76 Å². The number of esters is 1. The van der Waals surface area contributed by atoms with Crippen LogP contribution in [0.4, 0.5) is 5.69 Å². The molecule has 7 nitrogen and oxygen atoms in total. The minimum atomic E-state index is -0.626. The lowest BCUT2D eigenvalue weighted by Crippen LogP contribution is -2.28. The zero-order valence-electron chi connectivity index (χ0n) is 14.1. The summed E-state index contributed by atoms with van der Waals surface area (Å²) in [6.45, 7) is -0.168. The van der Waals surface area contributed by atoms with Crippen LogP contribution in [0.15, 0.2) is 64.6 Å². The van der Waals surface area contributed by atoms with Crippen LogP contribution in [-0.2, 0) is 16.1 Å². The van der Waals surface area contributed by atoms with Gasteiger partial charge in [-0.15, -0.1) is 11.3 Å². The number of rotatable bonds is 7. The number of hydrogen-bond donors (Lipinski definition) is 2. The van der Waals surface area contributed by atoms with Crippen LogP contribution in [0.1, 0.15) is 25.8 Å². The van der Waals surface area contributed by atoms with Crippen LogP contribution >= 0.6 is 11.3 Å². The van der Waals surface area contributed by atoms with E-state index in [0.717, 1.165) is 0 Å². The highest BCUT2D eigenvalue weighted by Crippen LogP contribution is 2.14. The maximum absolute atomic E-state index is 12.0. The van der Waals surface area contributed by atoms with Crippen molar-refractivity contribution in [2.75, 3.05) is 11.9 Å². The first-order valence-electron chi connectivity index (χ1n) is 8.03. The van der Waals surface area contributed by atoms with Crippen molar-refractivity contribution in [1.29, 1.82) is 0 Å². The molecule has 27 heavy (non-hydrogen) atoms. The molecule has 3 rings (SSSR count). The van der Waals surface area contributed by atoms with E-state index in [4.69, 9.17) is 9.15 Å². The molecule has 0 fully saturated rings. The number of thiophene rings is 1. The summed E-state index contributed by atoms with van der Waals surface area (Å²) in [6, 6.07) is 13.2.